The Bertz CT molecular complexity index is 1240. The minimum absolute atomic E-state index is 0.0317. The minimum Gasteiger partial charge on any atom is -0.382 e. The maximum Gasteiger partial charge on any atom is 0.189 e. The number of aryl methyl sites for hydroxylation is 1. The van der Waals surface area contributed by atoms with Crippen LogP contribution in [0.1, 0.15) is 22.5 Å². The first-order valence-corrected chi connectivity index (χ1v) is 8.54. The number of ketones is 1. The number of anilines is 1. The van der Waals surface area contributed by atoms with Crippen molar-refractivity contribution in [1.82, 2.24) is 19.4 Å². The van der Waals surface area contributed by atoms with E-state index in [-0.39, 0.29) is 23.6 Å². The van der Waals surface area contributed by atoms with Crippen LogP contribution in [-0.4, -0.2) is 31.3 Å². The summed E-state index contributed by atoms with van der Waals surface area (Å²) >= 11 is 0. The molecule has 8 heteroatoms. The van der Waals surface area contributed by atoms with Gasteiger partial charge in [-0.25, -0.2) is 18.7 Å². The van der Waals surface area contributed by atoms with Crippen LogP contribution in [0.5, 0.6) is 0 Å². The molecular formula is C19H15F2N5O. The van der Waals surface area contributed by atoms with Gasteiger partial charge < -0.3 is 10.7 Å². The lowest BCUT2D eigenvalue weighted by molar-refractivity contribution is 0.0952. The normalized spacial score (nSPS) is 19.1. The van der Waals surface area contributed by atoms with Crippen molar-refractivity contribution in [1.29, 1.82) is 0 Å². The monoisotopic (exact) mass is 367 g/mol. The van der Waals surface area contributed by atoms with Crippen molar-refractivity contribution in [3.8, 4) is 11.1 Å². The van der Waals surface area contributed by atoms with Crippen molar-refractivity contribution in [2.24, 2.45) is 5.92 Å². The number of nitrogens with two attached hydrogens (primary N) is 1. The maximum absolute atomic E-state index is 14.7. The number of H-pyrrole nitrogens is 1. The number of alkyl halides is 1. The van der Waals surface area contributed by atoms with Crippen molar-refractivity contribution in [3.63, 3.8) is 0 Å². The van der Waals surface area contributed by atoms with E-state index in [1.54, 1.807) is 18.6 Å². The van der Waals surface area contributed by atoms with Crippen LogP contribution in [0.15, 0.2) is 30.7 Å². The Morgan fingerprint density at radius 1 is 1.44 bits per heavy atom. The van der Waals surface area contributed by atoms with E-state index in [2.05, 4.69) is 15.0 Å². The molecule has 6 nitrogen and oxygen atoms in total. The number of pyridine rings is 2. The Labute approximate surface area is 152 Å². The summed E-state index contributed by atoms with van der Waals surface area (Å²) in [6, 6.07) is 3.24. The molecule has 136 valence electrons. The average Bonchev–Trinajstić information content (AvgIpc) is 3.04. The fourth-order valence-electron chi connectivity index (χ4n) is 3.56. The first-order valence-electron chi connectivity index (χ1n) is 8.54. The zero-order chi connectivity index (χ0) is 18.9. The molecule has 27 heavy (non-hydrogen) atoms. The molecule has 4 aromatic heterocycles. The van der Waals surface area contributed by atoms with Crippen LogP contribution in [0.4, 0.5) is 14.6 Å². The predicted octanol–water partition coefficient (Wildman–Crippen LogP) is 3.45. The lowest BCUT2D eigenvalue weighted by Crippen LogP contribution is -2.10. The van der Waals surface area contributed by atoms with E-state index in [4.69, 9.17) is 5.73 Å². The fourth-order valence-corrected chi connectivity index (χ4v) is 3.56. The van der Waals surface area contributed by atoms with Crippen LogP contribution in [0.3, 0.4) is 0 Å². The van der Waals surface area contributed by atoms with Crippen molar-refractivity contribution in [3.05, 3.63) is 47.8 Å². The molecule has 0 unspecified atom stereocenters. The van der Waals surface area contributed by atoms with E-state index in [1.165, 1.54) is 10.5 Å². The van der Waals surface area contributed by atoms with E-state index in [9.17, 15) is 13.6 Å². The van der Waals surface area contributed by atoms with Gasteiger partial charge in [0.2, 0.25) is 0 Å². The Morgan fingerprint density at radius 3 is 2.96 bits per heavy atom. The summed E-state index contributed by atoms with van der Waals surface area (Å²) in [6.45, 7) is 1.92. The van der Waals surface area contributed by atoms with Gasteiger partial charge in [-0.15, -0.1) is 0 Å². The lowest BCUT2D eigenvalue weighted by Gasteiger charge is -2.09. The Hall–Kier alpha value is -3.29. The molecule has 0 saturated heterocycles. The van der Waals surface area contributed by atoms with Crippen LogP contribution in [-0.2, 0) is 0 Å². The van der Waals surface area contributed by atoms with Gasteiger partial charge in [-0.3, -0.25) is 9.20 Å². The maximum atomic E-state index is 14.7. The number of rotatable bonds is 3. The number of halogens is 2. The molecule has 0 radical (unpaired) electrons. The number of carbonyl (C=O) groups is 1. The molecule has 1 aliphatic rings. The third-order valence-corrected chi connectivity index (χ3v) is 5.15. The highest BCUT2D eigenvalue weighted by Crippen LogP contribution is 2.38. The lowest BCUT2D eigenvalue weighted by atomic mass is 10.0. The number of nitrogens with zero attached hydrogens (tertiary/aromatic N) is 3. The number of nitrogens with one attached hydrogen (secondary N) is 1. The molecule has 5 rings (SSSR count). The Morgan fingerprint density at radius 2 is 2.22 bits per heavy atom. The molecule has 0 aromatic carbocycles. The number of Topliss-reactive ketones (excluding diaryl/α,β-unsaturated/α-hetero) is 1. The number of aromatic nitrogens is 4. The first-order chi connectivity index (χ1) is 13.0. The summed E-state index contributed by atoms with van der Waals surface area (Å²) in [4.78, 5) is 23.9. The first kappa shape index (κ1) is 15.9. The van der Waals surface area contributed by atoms with Gasteiger partial charge in [-0.2, -0.15) is 0 Å². The second-order valence-electron chi connectivity index (χ2n) is 6.88. The van der Waals surface area contributed by atoms with Gasteiger partial charge in [-0.05, 0) is 31.0 Å². The quantitative estimate of drug-likeness (QED) is 0.543. The summed E-state index contributed by atoms with van der Waals surface area (Å²) in [5, 5.41) is 0.924. The smallest absolute Gasteiger partial charge is 0.189 e. The van der Waals surface area contributed by atoms with E-state index in [0.717, 1.165) is 22.2 Å². The van der Waals surface area contributed by atoms with E-state index in [1.807, 2.05) is 13.0 Å². The number of carbonyl (C=O) groups excluding carboxylic acids is 1. The molecule has 0 amide bonds. The molecular weight excluding hydrogens is 352 g/mol. The zero-order valence-electron chi connectivity index (χ0n) is 14.3. The molecule has 1 aliphatic carbocycles. The summed E-state index contributed by atoms with van der Waals surface area (Å²) in [6.07, 6.45) is 4.04. The second-order valence-corrected chi connectivity index (χ2v) is 6.88. The van der Waals surface area contributed by atoms with Crippen LogP contribution in [0.25, 0.3) is 27.8 Å². The van der Waals surface area contributed by atoms with Crippen LogP contribution < -0.4 is 5.73 Å². The highest BCUT2D eigenvalue weighted by molar-refractivity contribution is 6.03. The highest BCUT2D eigenvalue weighted by atomic mass is 19.1. The summed E-state index contributed by atoms with van der Waals surface area (Å²) in [7, 11) is 0. The van der Waals surface area contributed by atoms with Crippen molar-refractivity contribution >= 4 is 28.3 Å². The van der Waals surface area contributed by atoms with Gasteiger partial charge in [-0.1, -0.05) is 0 Å². The topological polar surface area (TPSA) is 89.1 Å². The summed E-state index contributed by atoms with van der Waals surface area (Å²) < 4.78 is 29.4. The zero-order valence-corrected chi connectivity index (χ0v) is 14.3. The predicted molar refractivity (Wildman–Crippen MR) is 96.7 cm³/mol. The standard InChI is InChI=1S/C19H15F2N5O/c1-8-10-2-3-23-18(10)24-6-12(8)9-4-14(21)19-25-17(22)15(26(19)7-9)16(27)11-5-13(11)20/h2-4,6-7,11,13H,5,22H2,1H3,(H,23,24)/t11-,13+/m1/s1. The molecule has 4 heterocycles. The van der Waals surface area contributed by atoms with E-state index < -0.39 is 23.7 Å². The van der Waals surface area contributed by atoms with Crippen molar-refractivity contribution < 1.29 is 13.6 Å². The number of nitrogen functional groups attached to an aromatic ring is 1. The Balaban J connectivity index is 1.74. The highest BCUT2D eigenvalue weighted by Gasteiger charge is 2.45. The number of hydrogen-bond acceptors (Lipinski definition) is 4. The summed E-state index contributed by atoms with van der Waals surface area (Å²) in [5.41, 5.74) is 8.76. The molecule has 0 bridgehead atoms. The van der Waals surface area contributed by atoms with Crippen LogP contribution in [0.2, 0.25) is 0 Å². The van der Waals surface area contributed by atoms with Gasteiger partial charge in [0.15, 0.2) is 23.1 Å². The molecule has 1 saturated carbocycles. The van der Waals surface area contributed by atoms with Gasteiger partial charge in [0.05, 0.1) is 5.92 Å². The number of aromatic amines is 1. The largest absolute Gasteiger partial charge is 0.382 e. The molecule has 1 fully saturated rings. The van der Waals surface area contributed by atoms with E-state index in [0.29, 0.717) is 5.56 Å². The van der Waals surface area contributed by atoms with Crippen LogP contribution in [0, 0.1) is 18.7 Å². The molecule has 2 atom stereocenters. The van der Waals surface area contributed by atoms with Crippen molar-refractivity contribution in [2.45, 2.75) is 19.5 Å². The number of hydrogen-bond donors (Lipinski definition) is 2. The van der Waals surface area contributed by atoms with Gasteiger partial charge in [0, 0.05) is 35.1 Å². The third kappa shape index (κ3) is 2.26. The third-order valence-electron chi connectivity index (χ3n) is 5.15. The van der Waals surface area contributed by atoms with Crippen molar-refractivity contribution in [2.75, 3.05) is 5.73 Å². The Kier molecular flexibility index (Phi) is 3.16. The minimum atomic E-state index is -1.17. The van der Waals surface area contributed by atoms with E-state index >= 15 is 0 Å². The average molecular weight is 367 g/mol. The summed E-state index contributed by atoms with van der Waals surface area (Å²) in [5.74, 6) is -1.87. The van der Waals surface area contributed by atoms with Gasteiger partial charge in [0.25, 0.3) is 0 Å². The van der Waals surface area contributed by atoms with Crippen LogP contribution >= 0.6 is 0 Å². The molecule has 0 spiro atoms. The molecule has 0 aliphatic heterocycles. The second kappa shape index (κ2) is 5.35. The van der Waals surface area contributed by atoms with Gasteiger partial charge in [0.1, 0.15) is 17.5 Å². The number of imidazole rings is 1. The fraction of sp³-hybridized carbons (Fsp3) is 0.211. The van der Waals surface area contributed by atoms with Gasteiger partial charge >= 0.3 is 0 Å². The molecule has 4 aromatic rings. The molecule has 3 N–H and O–H groups in total. The SMILES string of the molecule is Cc1c(-c2cc(F)c3nc(N)c(C(=O)[C@@H]4C[C@@H]4F)n3c2)cnc2[nH]ccc12. The number of fused-ring (bicyclic) bond motifs is 2.